The maximum absolute atomic E-state index is 12.0. The van der Waals surface area contributed by atoms with Gasteiger partial charge < -0.3 is 10.2 Å². The number of halogens is 1. The van der Waals surface area contributed by atoms with E-state index in [4.69, 9.17) is 11.6 Å². The second kappa shape index (κ2) is 7.47. The van der Waals surface area contributed by atoms with Crippen molar-refractivity contribution in [2.45, 2.75) is 25.8 Å². The predicted octanol–water partition coefficient (Wildman–Crippen LogP) is 3.19. The van der Waals surface area contributed by atoms with Crippen LogP contribution < -0.4 is 10.2 Å². The summed E-state index contributed by atoms with van der Waals surface area (Å²) < 4.78 is 0. The zero-order chi connectivity index (χ0) is 16.1. The van der Waals surface area contributed by atoms with E-state index in [0.717, 1.165) is 30.0 Å². The number of rotatable bonds is 5. The van der Waals surface area contributed by atoms with Crippen LogP contribution >= 0.6 is 11.6 Å². The lowest BCUT2D eigenvalue weighted by atomic mass is 10.1. The third-order valence-electron chi connectivity index (χ3n) is 4.01. The fourth-order valence-corrected chi connectivity index (χ4v) is 2.83. The zero-order valence-corrected chi connectivity index (χ0v) is 13.7. The first-order valence-electron chi connectivity index (χ1n) is 7.92. The summed E-state index contributed by atoms with van der Waals surface area (Å²) in [5.74, 6) is 1.02. The molecule has 1 aromatic heterocycles. The summed E-state index contributed by atoms with van der Waals surface area (Å²) in [5, 5.41) is 3.60. The Morgan fingerprint density at radius 2 is 1.78 bits per heavy atom. The van der Waals surface area contributed by atoms with Gasteiger partial charge in [-0.2, -0.15) is 0 Å². The van der Waals surface area contributed by atoms with E-state index in [-0.39, 0.29) is 5.91 Å². The molecule has 1 fully saturated rings. The van der Waals surface area contributed by atoms with Gasteiger partial charge in [-0.25, -0.2) is 4.98 Å². The highest BCUT2D eigenvalue weighted by molar-refractivity contribution is 6.30. The van der Waals surface area contributed by atoms with Crippen LogP contribution in [0.2, 0.25) is 5.02 Å². The molecule has 1 saturated heterocycles. The first-order valence-corrected chi connectivity index (χ1v) is 8.29. The van der Waals surface area contributed by atoms with Crippen molar-refractivity contribution in [2.75, 3.05) is 18.0 Å². The number of pyridine rings is 1. The Morgan fingerprint density at radius 1 is 1.09 bits per heavy atom. The van der Waals surface area contributed by atoms with Crippen molar-refractivity contribution in [1.29, 1.82) is 0 Å². The van der Waals surface area contributed by atoms with Crippen molar-refractivity contribution in [3.05, 3.63) is 58.7 Å². The van der Waals surface area contributed by atoms with E-state index in [9.17, 15) is 4.79 Å². The number of nitrogens with one attached hydrogen (secondary N) is 1. The molecule has 0 bridgehead atoms. The van der Waals surface area contributed by atoms with Crippen LogP contribution in [0.5, 0.6) is 0 Å². The molecule has 2 heterocycles. The number of hydrogen-bond acceptors (Lipinski definition) is 3. The Kier molecular flexibility index (Phi) is 5.13. The van der Waals surface area contributed by atoms with Gasteiger partial charge in [0.2, 0.25) is 5.91 Å². The van der Waals surface area contributed by atoms with Crippen LogP contribution in [0.4, 0.5) is 5.82 Å². The van der Waals surface area contributed by atoms with Gasteiger partial charge in [0.05, 0.1) is 6.42 Å². The van der Waals surface area contributed by atoms with Gasteiger partial charge in [0.25, 0.3) is 0 Å². The van der Waals surface area contributed by atoms with E-state index in [1.807, 2.05) is 30.5 Å². The number of hydrogen-bond donors (Lipinski definition) is 1. The standard InChI is InChI=1S/C18H20ClN3O/c19-16-6-3-14(4-7-16)11-18(23)21-13-15-5-8-17(20-12-15)22-9-1-2-10-22/h3-8,12H,1-2,9-11,13H2,(H,21,23). The Hall–Kier alpha value is -2.07. The fraction of sp³-hybridized carbons (Fsp3) is 0.333. The summed E-state index contributed by atoms with van der Waals surface area (Å²) in [6.07, 6.45) is 4.68. The van der Waals surface area contributed by atoms with Crippen LogP contribution in [0.1, 0.15) is 24.0 Å². The molecule has 23 heavy (non-hydrogen) atoms. The summed E-state index contributed by atoms with van der Waals surface area (Å²) in [6.45, 7) is 2.67. The maximum Gasteiger partial charge on any atom is 0.224 e. The third-order valence-corrected chi connectivity index (χ3v) is 4.26. The number of carbonyl (C=O) groups is 1. The van der Waals surface area contributed by atoms with Crippen LogP contribution in [0.3, 0.4) is 0 Å². The zero-order valence-electron chi connectivity index (χ0n) is 13.0. The van der Waals surface area contributed by atoms with E-state index >= 15 is 0 Å². The molecule has 1 amide bonds. The summed E-state index contributed by atoms with van der Waals surface area (Å²) in [6, 6.07) is 11.4. The maximum atomic E-state index is 12.0. The normalized spacial score (nSPS) is 14.0. The van der Waals surface area contributed by atoms with Crippen molar-refractivity contribution >= 4 is 23.3 Å². The fourth-order valence-electron chi connectivity index (χ4n) is 2.71. The molecule has 0 radical (unpaired) electrons. The summed E-state index contributed by atoms with van der Waals surface area (Å²) >= 11 is 5.84. The van der Waals surface area contributed by atoms with Gasteiger partial charge in [-0.1, -0.05) is 29.8 Å². The number of benzene rings is 1. The molecule has 1 N–H and O–H groups in total. The highest BCUT2D eigenvalue weighted by Crippen LogP contribution is 2.17. The van der Waals surface area contributed by atoms with Gasteiger partial charge in [0.15, 0.2) is 0 Å². The van der Waals surface area contributed by atoms with Crippen LogP contribution in [0.15, 0.2) is 42.6 Å². The lowest BCUT2D eigenvalue weighted by molar-refractivity contribution is -0.120. The Labute approximate surface area is 141 Å². The van der Waals surface area contributed by atoms with Gasteiger partial charge in [-0.05, 0) is 42.2 Å². The lowest BCUT2D eigenvalue weighted by Crippen LogP contribution is -2.24. The van der Waals surface area contributed by atoms with Crippen molar-refractivity contribution in [2.24, 2.45) is 0 Å². The number of aromatic nitrogens is 1. The molecule has 1 aliphatic rings. The number of carbonyl (C=O) groups excluding carboxylic acids is 1. The van der Waals surface area contributed by atoms with Crippen molar-refractivity contribution < 1.29 is 4.79 Å². The highest BCUT2D eigenvalue weighted by Gasteiger charge is 2.13. The van der Waals surface area contributed by atoms with E-state index in [1.54, 1.807) is 12.1 Å². The quantitative estimate of drug-likeness (QED) is 0.916. The Bertz CT molecular complexity index is 649. The molecule has 0 atom stereocenters. The van der Waals surface area contributed by atoms with Gasteiger partial charge >= 0.3 is 0 Å². The van der Waals surface area contributed by atoms with Gasteiger partial charge in [0.1, 0.15) is 5.82 Å². The molecular formula is C18H20ClN3O. The minimum atomic E-state index is -0.00376. The molecule has 0 aliphatic carbocycles. The molecule has 4 nitrogen and oxygen atoms in total. The molecular weight excluding hydrogens is 310 g/mol. The molecule has 0 spiro atoms. The molecule has 0 saturated carbocycles. The highest BCUT2D eigenvalue weighted by atomic mass is 35.5. The van der Waals surface area contributed by atoms with E-state index in [0.29, 0.717) is 18.0 Å². The lowest BCUT2D eigenvalue weighted by Gasteiger charge is -2.16. The molecule has 0 unspecified atom stereocenters. The Morgan fingerprint density at radius 3 is 2.43 bits per heavy atom. The number of nitrogens with zero attached hydrogens (tertiary/aromatic N) is 2. The second-order valence-corrected chi connectivity index (χ2v) is 6.24. The SMILES string of the molecule is O=C(Cc1ccc(Cl)cc1)NCc1ccc(N2CCCC2)nc1. The van der Waals surface area contributed by atoms with Crippen LogP contribution in [0, 0.1) is 0 Å². The topological polar surface area (TPSA) is 45.2 Å². The third kappa shape index (κ3) is 4.45. The summed E-state index contributed by atoms with van der Waals surface area (Å²) in [5.41, 5.74) is 1.96. The molecule has 3 rings (SSSR count). The molecule has 5 heteroatoms. The first kappa shape index (κ1) is 15.8. The predicted molar refractivity (Wildman–Crippen MR) is 92.7 cm³/mol. The summed E-state index contributed by atoms with van der Waals surface area (Å²) in [4.78, 5) is 18.8. The molecule has 2 aromatic rings. The van der Waals surface area contributed by atoms with Gasteiger partial charge in [0, 0.05) is 30.9 Å². The van der Waals surface area contributed by atoms with Crippen LogP contribution in [-0.2, 0) is 17.8 Å². The number of anilines is 1. The number of amides is 1. The van der Waals surface area contributed by atoms with E-state index in [2.05, 4.69) is 15.2 Å². The monoisotopic (exact) mass is 329 g/mol. The van der Waals surface area contributed by atoms with Crippen molar-refractivity contribution in [3.63, 3.8) is 0 Å². The summed E-state index contributed by atoms with van der Waals surface area (Å²) in [7, 11) is 0. The van der Waals surface area contributed by atoms with E-state index in [1.165, 1.54) is 12.8 Å². The van der Waals surface area contributed by atoms with Gasteiger partial charge in [-0.15, -0.1) is 0 Å². The minimum absolute atomic E-state index is 0.00376. The average Bonchev–Trinajstić information content (AvgIpc) is 3.10. The first-order chi connectivity index (χ1) is 11.2. The molecule has 120 valence electrons. The van der Waals surface area contributed by atoms with Crippen molar-refractivity contribution in [3.8, 4) is 0 Å². The van der Waals surface area contributed by atoms with Crippen LogP contribution in [-0.4, -0.2) is 24.0 Å². The van der Waals surface area contributed by atoms with Crippen LogP contribution in [0.25, 0.3) is 0 Å². The molecule has 1 aliphatic heterocycles. The smallest absolute Gasteiger partial charge is 0.224 e. The average molecular weight is 330 g/mol. The minimum Gasteiger partial charge on any atom is -0.357 e. The second-order valence-electron chi connectivity index (χ2n) is 5.80. The molecule has 1 aromatic carbocycles. The Balaban J connectivity index is 1.49. The van der Waals surface area contributed by atoms with Gasteiger partial charge in [-0.3, -0.25) is 4.79 Å². The van der Waals surface area contributed by atoms with Crippen molar-refractivity contribution in [1.82, 2.24) is 10.3 Å². The largest absolute Gasteiger partial charge is 0.357 e. The van der Waals surface area contributed by atoms with E-state index < -0.39 is 0 Å².